The van der Waals surface area contributed by atoms with Gasteiger partial charge >= 0.3 is 11.9 Å². The highest BCUT2D eigenvalue weighted by Gasteiger charge is 2.56. The van der Waals surface area contributed by atoms with Crippen LogP contribution in [-0.4, -0.2) is 24.1 Å². The van der Waals surface area contributed by atoms with Crippen LogP contribution in [0.2, 0.25) is 0 Å². The molecule has 0 radical (unpaired) electrons. The fourth-order valence-corrected chi connectivity index (χ4v) is 2.65. The molecule has 0 unspecified atom stereocenters. The van der Waals surface area contributed by atoms with Gasteiger partial charge in [0.15, 0.2) is 12.2 Å². The molecule has 2 saturated heterocycles. The van der Waals surface area contributed by atoms with Crippen molar-refractivity contribution in [3.63, 3.8) is 0 Å². The van der Waals surface area contributed by atoms with Crippen LogP contribution in [0.3, 0.4) is 0 Å². The van der Waals surface area contributed by atoms with Gasteiger partial charge < -0.3 is 9.47 Å². The van der Waals surface area contributed by atoms with Crippen LogP contribution < -0.4 is 0 Å². The molecule has 0 saturated carbocycles. The molecule has 0 amide bonds. The van der Waals surface area contributed by atoms with Crippen molar-refractivity contribution in [3.8, 4) is 0 Å². The number of hydrogen-bond acceptors (Lipinski definition) is 4. The maximum Gasteiger partial charge on any atom is 0.313 e. The quantitative estimate of drug-likeness (QED) is 0.684. The predicted octanol–water partition coefficient (Wildman–Crippen LogP) is 1.67. The maximum atomic E-state index is 11.6. The second-order valence-electron chi connectivity index (χ2n) is 4.59. The van der Waals surface area contributed by atoms with E-state index in [2.05, 4.69) is 0 Å². The molecule has 0 spiro atoms. The van der Waals surface area contributed by atoms with E-state index in [1.165, 1.54) is 0 Å². The molecule has 2 rings (SSSR count). The van der Waals surface area contributed by atoms with Crippen molar-refractivity contribution in [1.29, 1.82) is 0 Å². The summed E-state index contributed by atoms with van der Waals surface area (Å²) in [5, 5.41) is 0. The lowest BCUT2D eigenvalue weighted by Crippen LogP contribution is -2.26. The highest BCUT2D eigenvalue weighted by atomic mass is 16.6. The van der Waals surface area contributed by atoms with Crippen molar-refractivity contribution in [1.82, 2.24) is 0 Å². The van der Waals surface area contributed by atoms with Crippen molar-refractivity contribution in [2.24, 2.45) is 11.8 Å². The first-order valence-electron chi connectivity index (χ1n) is 6.10. The summed E-state index contributed by atoms with van der Waals surface area (Å²) in [6.45, 7) is 4.03. The van der Waals surface area contributed by atoms with Crippen LogP contribution in [0.4, 0.5) is 0 Å². The van der Waals surface area contributed by atoms with Crippen molar-refractivity contribution in [3.05, 3.63) is 0 Å². The van der Waals surface area contributed by atoms with E-state index in [9.17, 15) is 9.59 Å². The monoisotopic (exact) mass is 226 g/mol. The fraction of sp³-hybridized carbons (Fsp3) is 0.833. The smallest absolute Gasteiger partial charge is 0.313 e. The zero-order valence-corrected chi connectivity index (χ0v) is 9.77. The van der Waals surface area contributed by atoms with Gasteiger partial charge in [0.05, 0.1) is 11.8 Å². The number of hydrogen-bond donors (Lipinski definition) is 0. The van der Waals surface area contributed by atoms with Crippen molar-refractivity contribution in [2.75, 3.05) is 0 Å². The Labute approximate surface area is 95.3 Å². The molecule has 0 N–H and O–H groups in total. The SMILES string of the molecule is CCC[C@H]1C(=O)O[C@H]2[C@@H]1OC(=O)[C@@H]2CCC. The summed E-state index contributed by atoms with van der Waals surface area (Å²) >= 11 is 0. The molecule has 0 aromatic rings. The van der Waals surface area contributed by atoms with Gasteiger partial charge in [-0.3, -0.25) is 9.59 Å². The molecule has 2 heterocycles. The highest BCUT2D eigenvalue weighted by molar-refractivity contribution is 5.82. The van der Waals surface area contributed by atoms with Crippen molar-refractivity contribution >= 4 is 11.9 Å². The van der Waals surface area contributed by atoms with Crippen LogP contribution in [0, 0.1) is 11.8 Å². The number of rotatable bonds is 4. The van der Waals surface area contributed by atoms with Crippen LogP contribution >= 0.6 is 0 Å². The maximum absolute atomic E-state index is 11.6. The van der Waals surface area contributed by atoms with Crippen LogP contribution in [0.25, 0.3) is 0 Å². The van der Waals surface area contributed by atoms with E-state index < -0.39 is 0 Å². The third kappa shape index (κ3) is 1.70. The lowest BCUT2D eigenvalue weighted by molar-refractivity contribution is -0.152. The summed E-state index contributed by atoms with van der Waals surface area (Å²) in [5.74, 6) is -0.850. The molecule has 4 atom stereocenters. The van der Waals surface area contributed by atoms with Gasteiger partial charge in [-0.05, 0) is 12.8 Å². The zero-order chi connectivity index (χ0) is 11.7. The summed E-state index contributed by atoms with van der Waals surface area (Å²) in [5.41, 5.74) is 0. The summed E-state index contributed by atoms with van der Waals surface area (Å²) < 4.78 is 10.6. The molecule has 2 aliphatic heterocycles. The van der Waals surface area contributed by atoms with Gasteiger partial charge in [-0.1, -0.05) is 26.7 Å². The van der Waals surface area contributed by atoms with E-state index in [4.69, 9.17) is 9.47 Å². The molecular formula is C12H18O4. The molecule has 4 nitrogen and oxygen atoms in total. The van der Waals surface area contributed by atoms with Crippen LogP contribution in [0.1, 0.15) is 39.5 Å². The third-order valence-electron chi connectivity index (χ3n) is 3.43. The van der Waals surface area contributed by atoms with E-state index >= 15 is 0 Å². The number of fused-ring (bicyclic) bond motifs is 1. The number of esters is 2. The summed E-state index contributed by atoms with van der Waals surface area (Å²) in [7, 11) is 0. The molecule has 16 heavy (non-hydrogen) atoms. The topological polar surface area (TPSA) is 52.6 Å². The van der Waals surface area contributed by atoms with E-state index in [0.717, 1.165) is 25.7 Å². The van der Waals surface area contributed by atoms with Gasteiger partial charge in [0.2, 0.25) is 0 Å². The average molecular weight is 226 g/mol. The van der Waals surface area contributed by atoms with Crippen LogP contribution in [0.15, 0.2) is 0 Å². The van der Waals surface area contributed by atoms with E-state index in [-0.39, 0.29) is 36.0 Å². The molecule has 2 aliphatic rings. The van der Waals surface area contributed by atoms with Gasteiger partial charge in [-0.15, -0.1) is 0 Å². The first-order valence-corrected chi connectivity index (χ1v) is 6.10. The minimum atomic E-state index is -0.323. The van der Waals surface area contributed by atoms with E-state index in [0.29, 0.717) is 0 Å². The number of carbonyl (C=O) groups is 2. The molecule has 0 aromatic carbocycles. The minimum absolute atomic E-state index is 0.189. The number of carbonyl (C=O) groups excluding carboxylic acids is 2. The van der Waals surface area contributed by atoms with Crippen molar-refractivity contribution in [2.45, 2.75) is 51.7 Å². The standard InChI is InChI=1S/C12H18O4/c1-3-5-7-9-10(16-11(7)13)8(6-4-2)12(14)15-9/h7-10H,3-6H2,1-2H3/t7-,8-,9-,10-/m1/s1. The summed E-state index contributed by atoms with van der Waals surface area (Å²) in [4.78, 5) is 23.2. The van der Waals surface area contributed by atoms with Gasteiger partial charge in [-0.2, -0.15) is 0 Å². The van der Waals surface area contributed by atoms with Crippen LogP contribution in [0.5, 0.6) is 0 Å². The first kappa shape index (κ1) is 11.4. The zero-order valence-electron chi connectivity index (χ0n) is 9.77. The van der Waals surface area contributed by atoms with Gasteiger partial charge in [0.1, 0.15) is 0 Å². The van der Waals surface area contributed by atoms with Crippen LogP contribution in [-0.2, 0) is 19.1 Å². The molecule has 0 aliphatic carbocycles. The molecule has 90 valence electrons. The van der Waals surface area contributed by atoms with E-state index in [1.54, 1.807) is 0 Å². The molecule has 2 fully saturated rings. The molecular weight excluding hydrogens is 208 g/mol. The largest absolute Gasteiger partial charge is 0.457 e. The lowest BCUT2D eigenvalue weighted by atomic mass is 9.91. The summed E-state index contributed by atoms with van der Waals surface area (Å²) in [6, 6.07) is 0. The normalized spacial score (nSPS) is 37.1. The number of ether oxygens (including phenoxy) is 2. The Hall–Kier alpha value is -1.06. The Balaban J connectivity index is 2.11. The average Bonchev–Trinajstić information content (AvgIpc) is 2.69. The Morgan fingerprint density at radius 2 is 1.25 bits per heavy atom. The lowest BCUT2D eigenvalue weighted by Gasteiger charge is -2.11. The molecule has 0 bridgehead atoms. The second kappa shape index (κ2) is 4.44. The minimum Gasteiger partial charge on any atom is -0.457 e. The second-order valence-corrected chi connectivity index (χ2v) is 4.59. The molecule has 4 heteroatoms. The summed E-state index contributed by atoms with van der Waals surface area (Å²) in [6.07, 6.45) is 2.64. The molecule has 0 aromatic heterocycles. The first-order chi connectivity index (χ1) is 7.69. The fourth-order valence-electron chi connectivity index (χ4n) is 2.65. The Bertz CT molecular complexity index is 269. The van der Waals surface area contributed by atoms with Crippen molar-refractivity contribution < 1.29 is 19.1 Å². The van der Waals surface area contributed by atoms with Gasteiger partial charge in [-0.25, -0.2) is 0 Å². The van der Waals surface area contributed by atoms with Gasteiger partial charge in [0, 0.05) is 0 Å². The Morgan fingerprint density at radius 3 is 1.56 bits per heavy atom. The van der Waals surface area contributed by atoms with E-state index in [1.807, 2.05) is 13.8 Å². The van der Waals surface area contributed by atoms with Gasteiger partial charge in [0.25, 0.3) is 0 Å². The highest BCUT2D eigenvalue weighted by Crippen LogP contribution is 2.39. The Morgan fingerprint density at radius 1 is 0.875 bits per heavy atom. The predicted molar refractivity (Wildman–Crippen MR) is 56.6 cm³/mol. The Kier molecular flexibility index (Phi) is 3.17. The third-order valence-corrected chi connectivity index (χ3v) is 3.43.